The van der Waals surface area contributed by atoms with Crippen molar-refractivity contribution in [2.75, 3.05) is 5.73 Å². The second-order valence-corrected chi connectivity index (χ2v) is 4.62. The van der Waals surface area contributed by atoms with Crippen LogP contribution < -0.4 is 5.73 Å². The van der Waals surface area contributed by atoms with Gasteiger partial charge in [0.15, 0.2) is 0 Å². The van der Waals surface area contributed by atoms with E-state index in [4.69, 9.17) is 10.2 Å². The van der Waals surface area contributed by atoms with Crippen molar-refractivity contribution in [3.8, 4) is 0 Å². The number of rotatable bonds is 2. The molecule has 0 spiro atoms. The lowest BCUT2D eigenvalue weighted by Gasteiger charge is -1.96. The number of nitrogens with zero attached hydrogens (tertiary/aromatic N) is 1. The first kappa shape index (κ1) is 10.1. The van der Waals surface area contributed by atoms with Crippen molar-refractivity contribution in [3.05, 3.63) is 33.6 Å². The smallest absolute Gasteiger partial charge is 0.248 e. The predicted molar refractivity (Wildman–Crippen MR) is 65.3 cm³/mol. The Kier molecular flexibility index (Phi) is 2.05. The maximum Gasteiger partial charge on any atom is 0.248 e. The summed E-state index contributed by atoms with van der Waals surface area (Å²) in [6.45, 7) is 1.83. The van der Waals surface area contributed by atoms with Crippen molar-refractivity contribution in [1.82, 2.24) is 10.2 Å². The van der Waals surface area contributed by atoms with E-state index in [1.807, 2.05) is 18.4 Å². The number of carbonyl (C=O) groups is 1. The summed E-state index contributed by atoms with van der Waals surface area (Å²) in [5, 5.41) is 9.24. The number of hydrogen-bond acceptors (Lipinski definition) is 5. The molecular formula is C11H9N3O2S. The van der Waals surface area contributed by atoms with Crippen LogP contribution in [0, 0.1) is 6.92 Å². The Morgan fingerprint density at radius 3 is 3.12 bits per heavy atom. The number of ketones is 1. The fourth-order valence-electron chi connectivity index (χ4n) is 1.81. The van der Waals surface area contributed by atoms with Crippen LogP contribution in [0.15, 0.2) is 21.9 Å². The summed E-state index contributed by atoms with van der Waals surface area (Å²) >= 11 is 1.38. The number of aromatic amines is 1. The number of aromatic nitrogens is 2. The number of anilines is 1. The van der Waals surface area contributed by atoms with Gasteiger partial charge in [-0.3, -0.25) is 9.89 Å². The third-order valence-electron chi connectivity index (χ3n) is 2.59. The summed E-state index contributed by atoms with van der Waals surface area (Å²) in [6.07, 6.45) is 0. The van der Waals surface area contributed by atoms with Crippen LogP contribution in [0.5, 0.6) is 0 Å². The minimum absolute atomic E-state index is 0.123. The maximum absolute atomic E-state index is 12.3. The van der Waals surface area contributed by atoms with E-state index in [1.54, 1.807) is 6.07 Å². The highest BCUT2D eigenvalue weighted by molar-refractivity contribution is 7.12. The lowest BCUT2D eigenvalue weighted by Crippen LogP contribution is -2.01. The van der Waals surface area contributed by atoms with Crippen molar-refractivity contribution >= 4 is 34.1 Å². The zero-order chi connectivity index (χ0) is 12.0. The number of fused-ring (bicyclic) bond motifs is 1. The van der Waals surface area contributed by atoms with Gasteiger partial charge >= 0.3 is 0 Å². The molecule has 0 aliphatic carbocycles. The summed E-state index contributed by atoms with van der Waals surface area (Å²) in [6, 6.07) is 3.59. The molecule has 0 saturated carbocycles. The van der Waals surface area contributed by atoms with Gasteiger partial charge in [-0.1, -0.05) is 6.07 Å². The van der Waals surface area contributed by atoms with Gasteiger partial charge in [-0.05, 0) is 18.4 Å². The van der Waals surface area contributed by atoms with E-state index in [2.05, 4.69) is 10.2 Å². The van der Waals surface area contributed by atoms with Gasteiger partial charge in [-0.15, -0.1) is 16.4 Å². The molecule has 0 unspecified atom stereocenters. The minimum Gasteiger partial charge on any atom is -0.420 e. The number of nitrogens with two attached hydrogens (primary N) is 1. The van der Waals surface area contributed by atoms with E-state index in [1.165, 1.54) is 11.3 Å². The molecule has 0 radical (unpaired) electrons. The molecule has 0 amide bonds. The van der Waals surface area contributed by atoms with Gasteiger partial charge in [0, 0.05) is 5.69 Å². The average molecular weight is 247 g/mol. The lowest BCUT2D eigenvalue weighted by atomic mass is 10.1. The monoisotopic (exact) mass is 247 g/mol. The summed E-state index contributed by atoms with van der Waals surface area (Å²) in [5.74, 6) is -0.00116. The topological polar surface area (TPSA) is 84.9 Å². The molecule has 0 atom stereocenters. The molecular weight excluding hydrogens is 238 g/mol. The summed E-state index contributed by atoms with van der Waals surface area (Å²) < 4.78 is 5.26. The summed E-state index contributed by atoms with van der Waals surface area (Å²) in [7, 11) is 0. The van der Waals surface area contributed by atoms with Crippen LogP contribution in [0.3, 0.4) is 0 Å². The fourth-order valence-corrected chi connectivity index (χ4v) is 2.48. The van der Waals surface area contributed by atoms with E-state index in [0.717, 1.165) is 5.69 Å². The Morgan fingerprint density at radius 1 is 1.59 bits per heavy atom. The fraction of sp³-hybridized carbons (Fsp3) is 0.0909. The zero-order valence-corrected chi connectivity index (χ0v) is 9.80. The molecule has 0 saturated heterocycles. The largest absolute Gasteiger partial charge is 0.420 e. The third kappa shape index (κ3) is 1.38. The van der Waals surface area contributed by atoms with Crippen molar-refractivity contribution in [3.63, 3.8) is 0 Å². The van der Waals surface area contributed by atoms with Gasteiger partial charge in [0.05, 0.1) is 15.8 Å². The lowest BCUT2D eigenvalue weighted by molar-refractivity contribution is 0.104. The molecule has 0 fully saturated rings. The highest BCUT2D eigenvalue weighted by Crippen LogP contribution is 2.31. The first-order valence-electron chi connectivity index (χ1n) is 4.99. The number of nitrogen functional groups attached to an aromatic ring is 1. The molecule has 3 aromatic rings. The van der Waals surface area contributed by atoms with Crippen molar-refractivity contribution in [2.45, 2.75) is 6.92 Å². The Balaban J connectivity index is 2.26. The Morgan fingerprint density at radius 2 is 2.41 bits per heavy atom. The highest BCUT2D eigenvalue weighted by Gasteiger charge is 2.24. The van der Waals surface area contributed by atoms with Gasteiger partial charge < -0.3 is 10.2 Å². The first-order chi connectivity index (χ1) is 8.18. The molecule has 0 aliphatic heterocycles. The molecule has 3 rings (SSSR count). The molecule has 6 heteroatoms. The number of aryl methyl sites for hydroxylation is 1. The van der Waals surface area contributed by atoms with Crippen LogP contribution in [0.1, 0.15) is 20.9 Å². The highest BCUT2D eigenvalue weighted by atomic mass is 32.1. The quantitative estimate of drug-likeness (QED) is 0.680. The SMILES string of the molecule is Cc1[nH]nc2oc(N)c(C(=O)c3cccs3)c12. The van der Waals surface area contributed by atoms with E-state index in [-0.39, 0.29) is 11.7 Å². The number of thiophene rings is 1. The number of hydrogen-bond donors (Lipinski definition) is 2. The number of furan rings is 1. The molecule has 3 aromatic heterocycles. The maximum atomic E-state index is 12.3. The Bertz CT molecular complexity index is 694. The number of H-pyrrole nitrogens is 1. The Labute approximate surface area is 100 Å². The molecule has 5 nitrogen and oxygen atoms in total. The van der Waals surface area contributed by atoms with Crippen LogP contribution in [0.2, 0.25) is 0 Å². The van der Waals surface area contributed by atoms with Crippen LogP contribution in [-0.4, -0.2) is 16.0 Å². The van der Waals surface area contributed by atoms with Gasteiger partial charge in [0.2, 0.25) is 17.4 Å². The van der Waals surface area contributed by atoms with Crippen molar-refractivity contribution in [2.24, 2.45) is 0 Å². The summed E-state index contributed by atoms with van der Waals surface area (Å²) in [4.78, 5) is 12.9. The normalized spacial score (nSPS) is 11.1. The molecule has 86 valence electrons. The van der Waals surface area contributed by atoms with Crippen LogP contribution >= 0.6 is 11.3 Å². The zero-order valence-electron chi connectivity index (χ0n) is 8.98. The van der Waals surface area contributed by atoms with Gasteiger partial charge in [0.1, 0.15) is 0 Å². The van der Waals surface area contributed by atoms with Crippen LogP contribution in [0.4, 0.5) is 5.88 Å². The van der Waals surface area contributed by atoms with E-state index < -0.39 is 0 Å². The first-order valence-corrected chi connectivity index (χ1v) is 5.87. The van der Waals surface area contributed by atoms with Crippen LogP contribution in [-0.2, 0) is 0 Å². The second-order valence-electron chi connectivity index (χ2n) is 3.68. The van der Waals surface area contributed by atoms with E-state index >= 15 is 0 Å². The van der Waals surface area contributed by atoms with Crippen molar-refractivity contribution < 1.29 is 9.21 Å². The van der Waals surface area contributed by atoms with Crippen LogP contribution in [0.25, 0.3) is 11.1 Å². The molecule has 0 aromatic carbocycles. The van der Waals surface area contributed by atoms with Gasteiger partial charge in [0.25, 0.3) is 0 Å². The van der Waals surface area contributed by atoms with E-state index in [0.29, 0.717) is 21.5 Å². The predicted octanol–water partition coefficient (Wildman–Crippen LogP) is 2.34. The second kappa shape index (κ2) is 3.46. The third-order valence-corrected chi connectivity index (χ3v) is 3.46. The van der Waals surface area contributed by atoms with Crippen molar-refractivity contribution in [1.29, 1.82) is 0 Å². The van der Waals surface area contributed by atoms with Gasteiger partial charge in [-0.25, -0.2) is 0 Å². The number of carbonyl (C=O) groups excluding carboxylic acids is 1. The standard InChI is InChI=1S/C11H9N3O2S/c1-5-7-8(9(15)6-3-2-4-17-6)10(12)16-11(7)14-13-5/h2-4H,12H2,1H3,(H,13,14). The van der Waals surface area contributed by atoms with E-state index in [9.17, 15) is 4.79 Å². The molecule has 3 N–H and O–H groups in total. The molecule has 3 heterocycles. The Hall–Kier alpha value is -2.08. The molecule has 17 heavy (non-hydrogen) atoms. The average Bonchev–Trinajstić information content (AvgIpc) is 2.97. The number of nitrogens with one attached hydrogen (secondary N) is 1. The molecule has 0 bridgehead atoms. The summed E-state index contributed by atoms with van der Waals surface area (Å²) in [5.41, 5.74) is 7.29. The molecule has 0 aliphatic rings. The van der Waals surface area contributed by atoms with Gasteiger partial charge in [-0.2, -0.15) is 0 Å². The minimum atomic E-state index is -0.124.